The van der Waals surface area contributed by atoms with E-state index in [9.17, 15) is 0 Å². The minimum Gasteiger partial charge on any atom is -0.460 e. The summed E-state index contributed by atoms with van der Waals surface area (Å²) in [6.07, 6.45) is 12.0. The molecule has 0 spiro atoms. The van der Waals surface area contributed by atoms with Crippen molar-refractivity contribution in [3.8, 4) is 11.5 Å². The van der Waals surface area contributed by atoms with Gasteiger partial charge in [-0.05, 0) is 62.9 Å². The zero-order valence-electron chi connectivity index (χ0n) is 19.2. The van der Waals surface area contributed by atoms with Gasteiger partial charge in [0.2, 0.25) is 5.89 Å². The monoisotopic (exact) mass is 446 g/mol. The lowest BCUT2D eigenvalue weighted by Crippen LogP contribution is -2.27. The van der Waals surface area contributed by atoms with Crippen molar-refractivity contribution >= 4 is 12.0 Å². The Bertz CT molecular complexity index is 1110. The Kier molecular flexibility index (Phi) is 8.64. The van der Waals surface area contributed by atoms with Crippen LogP contribution in [0, 0.1) is 0 Å². The van der Waals surface area contributed by atoms with Crippen LogP contribution in [0.15, 0.2) is 98.9 Å². The average Bonchev–Trinajstić information content (AvgIpc) is 3.21. The fourth-order valence-corrected chi connectivity index (χ4v) is 3.04. The van der Waals surface area contributed by atoms with Gasteiger partial charge in [0.05, 0.1) is 0 Å². The lowest BCUT2D eigenvalue weighted by molar-refractivity contribution is 0.326. The molecule has 33 heavy (non-hydrogen) atoms. The zero-order valence-corrected chi connectivity index (χ0v) is 19.2. The maximum Gasteiger partial charge on any atom is 0.320 e. The Morgan fingerprint density at radius 2 is 2.06 bits per heavy atom. The van der Waals surface area contributed by atoms with Crippen molar-refractivity contribution in [3.63, 3.8) is 0 Å². The van der Waals surface area contributed by atoms with E-state index in [1.165, 1.54) is 11.8 Å². The minimum atomic E-state index is 0.314. The van der Waals surface area contributed by atoms with Gasteiger partial charge >= 0.3 is 6.01 Å². The van der Waals surface area contributed by atoms with Gasteiger partial charge in [-0.15, -0.1) is 5.10 Å². The molecule has 2 aromatic rings. The number of nitrogens with one attached hydrogen (secondary N) is 2. The summed E-state index contributed by atoms with van der Waals surface area (Å²) in [6.45, 7) is 6.92. The predicted octanol–water partition coefficient (Wildman–Crippen LogP) is 4.67. The van der Waals surface area contributed by atoms with Crippen molar-refractivity contribution in [2.75, 3.05) is 18.5 Å². The van der Waals surface area contributed by atoms with Crippen LogP contribution in [0.1, 0.15) is 27.2 Å². The van der Waals surface area contributed by atoms with E-state index in [-0.39, 0.29) is 0 Å². The van der Waals surface area contributed by atoms with Crippen LogP contribution >= 0.6 is 0 Å². The zero-order chi connectivity index (χ0) is 23.5. The molecule has 1 aliphatic rings. The van der Waals surface area contributed by atoms with Crippen LogP contribution in [-0.4, -0.2) is 29.4 Å². The summed E-state index contributed by atoms with van der Waals surface area (Å²) in [4.78, 5) is 4.45. The predicted molar refractivity (Wildman–Crippen MR) is 132 cm³/mol. The maximum atomic E-state index is 5.90. The molecule has 0 saturated carbocycles. The molecule has 172 valence electrons. The number of hydrogen-bond acceptors (Lipinski definition) is 7. The number of anilines is 1. The van der Waals surface area contributed by atoms with E-state index in [1.807, 2.05) is 68.5 Å². The van der Waals surface area contributed by atoms with Gasteiger partial charge in [0.25, 0.3) is 6.02 Å². The highest BCUT2D eigenvalue weighted by atomic mass is 16.5. The minimum absolute atomic E-state index is 0.314. The number of ether oxygens (including phenoxy) is 1. The van der Waals surface area contributed by atoms with Gasteiger partial charge < -0.3 is 25.5 Å². The number of rotatable bonds is 8. The second kappa shape index (κ2) is 12.1. The van der Waals surface area contributed by atoms with Crippen LogP contribution < -0.4 is 16.4 Å². The van der Waals surface area contributed by atoms with Gasteiger partial charge in [0.15, 0.2) is 0 Å². The summed E-state index contributed by atoms with van der Waals surface area (Å²) in [5.41, 5.74) is 10.2. The molecule has 0 aliphatic heterocycles. The molecule has 0 atom stereocenters. The Hall–Kier alpha value is -4.07. The fraction of sp³-hybridized carbons (Fsp3) is 0.240. The van der Waals surface area contributed by atoms with Crippen LogP contribution in [0.4, 0.5) is 6.01 Å². The molecule has 0 amide bonds. The van der Waals surface area contributed by atoms with Crippen LogP contribution in [0.5, 0.6) is 0 Å². The Morgan fingerprint density at radius 3 is 2.79 bits per heavy atom. The third kappa shape index (κ3) is 7.24. The second-order valence-electron chi connectivity index (χ2n) is 7.30. The molecule has 0 fully saturated rings. The number of hydrogen-bond donors (Lipinski definition) is 3. The number of aromatic nitrogens is 2. The molecule has 1 aliphatic carbocycles. The summed E-state index contributed by atoms with van der Waals surface area (Å²) in [5.74, 6) is 0.457. The highest BCUT2D eigenvalue weighted by molar-refractivity contribution is 5.76. The molecule has 1 aromatic carbocycles. The van der Waals surface area contributed by atoms with E-state index in [0.717, 1.165) is 22.5 Å². The van der Waals surface area contributed by atoms with E-state index in [4.69, 9.17) is 14.9 Å². The van der Waals surface area contributed by atoms with E-state index in [1.54, 1.807) is 6.08 Å². The molecule has 1 heterocycles. The topological polar surface area (TPSA) is 111 Å². The van der Waals surface area contributed by atoms with Crippen LogP contribution in [0.2, 0.25) is 0 Å². The molecular weight excluding hydrogens is 416 g/mol. The fourth-order valence-electron chi connectivity index (χ4n) is 3.04. The van der Waals surface area contributed by atoms with E-state index >= 15 is 0 Å². The highest BCUT2D eigenvalue weighted by Gasteiger charge is 2.12. The van der Waals surface area contributed by atoms with Crippen molar-refractivity contribution < 1.29 is 9.15 Å². The smallest absolute Gasteiger partial charge is 0.320 e. The van der Waals surface area contributed by atoms with Gasteiger partial charge in [-0.3, -0.25) is 0 Å². The van der Waals surface area contributed by atoms with Gasteiger partial charge in [-0.25, -0.2) is 4.99 Å². The van der Waals surface area contributed by atoms with Crippen molar-refractivity contribution in [1.29, 1.82) is 0 Å². The quantitative estimate of drug-likeness (QED) is 0.307. The largest absolute Gasteiger partial charge is 0.460 e. The van der Waals surface area contributed by atoms with Crippen LogP contribution in [0.3, 0.4) is 0 Å². The molecular formula is C25H30N6O2. The van der Waals surface area contributed by atoms with Gasteiger partial charge in [0, 0.05) is 29.9 Å². The summed E-state index contributed by atoms with van der Waals surface area (Å²) in [7, 11) is 0. The Labute approximate surface area is 194 Å². The lowest BCUT2D eigenvalue weighted by atomic mass is 10.2. The molecule has 8 heteroatoms. The number of allylic oxidation sites excluding steroid dienone is 5. The van der Waals surface area contributed by atoms with Crippen LogP contribution in [-0.2, 0) is 4.74 Å². The molecule has 3 rings (SSSR count). The first-order valence-electron chi connectivity index (χ1n) is 10.8. The SMILES string of the molecule is C/C=C(\C=C/N)COC(=NCC)NC1=CC(Nc2nnc(-c3ccccc3)o2)=CC=C(C)C1. The van der Waals surface area contributed by atoms with E-state index < -0.39 is 0 Å². The third-order valence-electron chi connectivity index (χ3n) is 4.67. The molecule has 0 bridgehead atoms. The van der Waals surface area contributed by atoms with Gasteiger partial charge in [0.1, 0.15) is 6.61 Å². The molecule has 8 nitrogen and oxygen atoms in total. The summed E-state index contributed by atoms with van der Waals surface area (Å²) >= 11 is 0. The molecule has 0 radical (unpaired) electrons. The highest BCUT2D eigenvalue weighted by Crippen LogP contribution is 2.22. The van der Waals surface area contributed by atoms with Crippen LogP contribution in [0.25, 0.3) is 11.5 Å². The normalized spacial score (nSPS) is 14.9. The summed E-state index contributed by atoms with van der Waals surface area (Å²) < 4.78 is 11.7. The maximum absolute atomic E-state index is 5.90. The van der Waals surface area contributed by atoms with Crippen molar-refractivity contribution in [1.82, 2.24) is 15.5 Å². The summed E-state index contributed by atoms with van der Waals surface area (Å²) in [6, 6.07) is 10.4. The first-order chi connectivity index (χ1) is 16.1. The van der Waals surface area contributed by atoms with Crippen molar-refractivity contribution in [2.45, 2.75) is 27.2 Å². The van der Waals surface area contributed by atoms with Crippen molar-refractivity contribution in [2.24, 2.45) is 10.7 Å². The number of benzene rings is 1. The average molecular weight is 447 g/mol. The molecule has 1 aromatic heterocycles. The van der Waals surface area contributed by atoms with Crippen molar-refractivity contribution in [3.05, 3.63) is 89.5 Å². The van der Waals surface area contributed by atoms with E-state index in [0.29, 0.717) is 37.5 Å². The Morgan fingerprint density at radius 1 is 1.24 bits per heavy atom. The first-order valence-corrected chi connectivity index (χ1v) is 10.8. The number of nitrogens with two attached hydrogens (primary N) is 1. The lowest BCUT2D eigenvalue weighted by Gasteiger charge is -2.15. The third-order valence-corrected chi connectivity index (χ3v) is 4.67. The number of nitrogens with zero attached hydrogens (tertiary/aromatic N) is 3. The van der Waals surface area contributed by atoms with Gasteiger partial charge in [-0.1, -0.05) is 41.0 Å². The molecule has 0 unspecified atom stereocenters. The first kappa shape index (κ1) is 23.6. The molecule has 4 N–H and O–H groups in total. The summed E-state index contributed by atoms with van der Waals surface area (Å²) in [5, 5.41) is 14.7. The Balaban J connectivity index is 1.72. The number of aliphatic imine (C=N–C) groups is 1. The van der Waals surface area contributed by atoms with E-state index in [2.05, 4.69) is 32.7 Å². The van der Waals surface area contributed by atoms with Gasteiger partial charge in [-0.2, -0.15) is 0 Å². The second-order valence-corrected chi connectivity index (χ2v) is 7.30. The standard InChI is InChI=1S/C25H30N6O2/c1-4-19(13-14-26)17-32-24(27-5-2)29-22-15-18(3)11-12-21(16-22)28-25-31-30-23(33-25)20-9-7-6-8-10-20/h4,6-14,16H,5,15,17,26H2,1-3H3,(H,27,29)(H,28,31)/b14-13-,19-4+. The number of amidine groups is 1. The molecule has 0 saturated heterocycles.